The Morgan fingerprint density at radius 2 is 2.22 bits per heavy atom. The van der Waals surface area contributed by atoms with Gasteiger partial charge in [0.05, 0.1) is 0 Å². The maximum Gasteiger partial charge on any atom is 0.245 e. The van der Waals surface area contributed by atoms with Crippen molar-refractivity contribution in [2.75, 3.05) is 13.6 Å². The molecule has 1 amide bonds. The average Bonchev–Trinajstić information content (AvgIpc) is 1.87. The minimum Gasteiger partial charge on any atom is -0.343 e. The van der Waals surface area contributed by atoms with Crippen molar-refractivity contribution in [3.63, 3.8) is 0 Å². The van der Waals surface area contributed by atoms with Crippen LogP contribution in [0.15, 0.2) is 12.2 Å². The molecule has 0 heterocycles. The van der Waals surface area contributed by atoms with Gasteiger partial charge in [-0.15, -0.1) is 0 Å². The minimum atomic E-state index is 0.0694. The number of rotatable bonds is 2. The van der Waals surface area contributed by atoms with E-state index in [4.69, 9.17) is 0 Å². The Labute approximate surface area is 56.2 Å². The highest BCUT2D eigenvalue weighted by atomic mass is 16.2. The number of likely N-dealkylation sites (N-methyl/N-ethyl adjacent to an activating group) is 1. The van der Waals surface area contributed by atoms with E-state index in [1.807, 2.05) is 13.8 Å². The van der Waals surface area contributed by atoms with E-state index in [1.54, 1.807) is 24.1 Å². The maximum absolute atomic E-state index is 10.8. The van der Waals surface area contributed by atoms with Crippen molar-refractivity contribution in [1.82, 2.24) is 4.90 Å². The molecular weight excluding hydrogens is 114 g/mol. The molecule has 0 bridgehead atoms. The molecule has 2 nitrogen and oxygen atoms in total. The van der Waals surface area contributed by atoms with Gasteiger partial charge in [-0.05, 0) is 19.9 Å². The van der Waals surface area contributed by atoms with Gasteiger partial charge in [-0.1, -0.05) is 6.08 Å². The lowest BCUT2D eigenvalue weighted by molar-refractivity contribution is -0.124. The third-order valence-electron chi connectivity index (χ3n) is 1.16. The fourth-order valence-corrected chi connectivity index (χ4v) is 0.426. The molecule has 0 aromatic carbocycles. The van der Waals surface area contributed by atoms with Gasteiger partial charge in [0, 0.05) is 13.6 Å². The number of nitrogens with zero attached hydrogens (tertiary/aromatic N) is 1. The number of carbonyl (C=O) groups is 1. The molecule has 0 N–H and O–H groups in total. The van der Waals surface area contributed by atoms with Crippen molar-refractivity contribution < 1.29 is 4.79 Å². The largest absolute Gasteiger partial charge is 0.343 e. The fraction of sp³-hybridized carbons (Fsp3) is 0.571. The monoisotopic (exact) mass is 127 g/mol. The third-order valence-corrected chi connectivity index (χ3v) is 1.16. The van der Waals surface area contributed by atoms with Crippen molar-refractivity contribution in [2.45, 2.75) is 13.8 Å². The van der Waals surface area contributed by atoms with E-state index < -0.39 is 0 Å². The molecule has 52 valence electrons. The Morgan fingerprint density at radius 3 is 2.56 bits per heavy atom. The summed E-state index contributed by atoms with van der Waals surface area (Å²) in [5.74, 6) is 0.0694. The number of allylic oxidation sites excluding steroid dienone is 1. The fourth-order valence-electron chi connectivity index (χ4n) is 0.426. The van der Waals surface area contributed by atoms with Gasteiger partial charge in [-0.25, -0.2) is 0 Å². The highest BCUT2D eigenvalue weighted by Crippen LogP contribution is 1.84. The van der Waals surface area contributed by atoms with Crippen LogP contribution in [0.5, 0.6) is 0 Å². The lowest BCUT2D eigenvalue weighted by Gasteiger charge is -2.10. The van der Waals surface area contributed by atoms with Gasteiger partial charge in [-0.3, -0.25) is 4.79 Å². The normalized spacial score (nSPS) is 10.1. The molecule has 0 aromatic heterocycles. The van der Waals surface area contributed by atoms with E-state index in [-0.39, 0.29) is 5.91 Å². The lowest BCUT2D eigenvalue weighted by Crippen LogP contribution is -2.23. The summed E-state index contributed by atoms with van der Waals surface area (Å²) in [6.45, 7) is 4.55. The Kier molecular flexibility index (Phi) is 3.76. The van der Waals surface area contributed by atoms with Crippen LogP contribution < -0.4 is 0 Å². The highest BCUT2D eigenvalue weighted by Gasteiger charge is 1.97. The number of amides is 1. The maximum atomic E-state index is 10.8. The number of hydrogen-bond acceptors (Lipinski definition) is 1. The second-order valence-electron chi connectivity index (χ2n) is 1.85. The molecule has 0 fully saturated rings. The smallest absolute Gasteiger partial charge is 0.245 e. The first-order chi connectivity index (χ1) is 4.22. The zero-order valence-electron chi connectivity index (χ0n) is 6.22. The SMILES string of the molecule is CC=CC(=O)N(C)CC. The predicted octanol–water partition coefficient (Wildman–Crippen LogP) is 1.04. The van der Waals surface area contributed by atoms with Gasteiger partial charge in [0.25, 0.3) is 0 Å². The van der Waals surface area contributed by atoms with Gasteiger partial charge in [0.1, 0.15) is 0 Å². The molecule has 0 atom stereocenters. The third kappa shape index (κ3) is 2.90. The van der Waals surface area contributed by atoms with Crippen LogP contribution in [-0.2, 0) is 4.79 Å². The Hall–Kier alpha value is -0.790. The first-order valence-corrected chi connectivity index (χ1v) is 3.10. The van der Waals surface area contributed by atoms with E-state index in [0.717, 1.165) is 6.54 Å². The molecule has 0 unspecified atom stereocenters. The van der Waals surface area contributed by atoms with Crippen LogP contribution in [0, 0.1) is 0 Å². The molecule has 2 heteroatoms. The quantitative estimate of drug-likeness (QED) is 0.507. The second-order valence-corrected chi connectivity index (χ2v) is 1.85. The van der Waals surface area contributed by atoms with E-state index in [2.05, 4.69) is 0 Å². The second kappa shape index (κ2) is 4.13. The molecule has 0 rings (SSSR count). The molecular formula is C7H13NO. The summed E-state index contributed by atoms with van der Waals surface area (Å²) in [5, 5.41) is 0. The van der Waals surface area contributed by atoms with E-state index in [0.29, 0.717) is 0 Å². The van der Waals surface area contributed by atoms with Gasteiger partial charge < -0.3 is 4.90 Å². The van der Waals surface area contributed by atoms with Crippen molar-refractivity contribution >= 4 is 5.91 Å². The van der Waals surface area contributed by atoms with Crippen LogP contribution in [0.1, 0.15) is 13.8 Å². The van der Waals surface area contributed by atoms with E-state index in [9.17, 15) is 4.79 Å². The summed E-state index contributed by atoms with van der Waals surface area (Å²) in [6, 6.07) is 0. The molecule has 0 spiro atoms. The molecule has 9 heavy (non-hydrogen) atoms. The summed E-state index contributed by atoms with van der Waals surface area (Å²) < 4.78 is 0. The van der Waals surface area contributed by atoms with Crippen LogP contribution >= 0.6 is 0 Å². The summed E-state index contributed by atoms with van der Waals surface area (Å²) in [7, 11) is 1.78. The van der Waals surface area contributed by atoms with Gasteiger partial charge in [0.2, 0.25) is 5.91 Å². The van der Waals surface area contributed by atoms with E-state index in [1.165, 1.54) is 0 Å². The summed E-state index contributed by atoms with van der Waals surface area (Å²) in [5.41, 5.74) is 0. The van der Waals surface area contributed by atoms with Crippen molar-refractivity contribution in [3.05, 3.63) is 12.2 Å². The van der Waals surface area contributed by atoms with Crippen LogP contribution in [0.2, 0.25) is 0 Å². The van der Waals surface area contributed by atoms with Crippen molar-refractivity contribution in [1.29, 1.82) is 0 Å². The van der Waals surface area contributed by atoms with Crippen molar-refractivity contribution in [3.8, 4) is 0 Å². The Balaban J connectivity index is 3.73. The van der Waals surface area contributed by atoms with Gasteiger partial charge in [0.15, 0.2) is 0 Å². The van der Waals surface area contributed by atoms with Gasteiger partial charge in [-0.2, -0.15) is 0 Å². The zero-order valence-corrected chi connectivity index (χ0v) is 6.22. The Morgan fingerprint density at radius 1 is 1.67 bits per heavy atom. The van der Waals surface area contributed by atoms with Crippen LogP contribution in [-0.4, -0.2) is 24.4 Å². The first-order valence-electron chi connectivity index (χ1n) is 3.10. The molecule has 0 saturated heterocycles. The summed E-state index contributed by atoms with van der Waals surface area (Å²) in [4.78, 5) is 12.5. The first kappa shape index (κ1) is 8.21. The topological polar surface area (TPSA) is 20.3 Å². The highest BCUT2D eigenvalue weighted by molar-refractivity contribution is 5.87. The lowest BCUT2D eigenvalue weighted by atomic mass is 10.4. The predicted molar refractivity (Wildman–Crippen MR) is 38.1 cm³/mol. The van der Waals surface area contributed by atoms with Gasteiger partial charge >= 0.3 is 0 Å². The van der Waals surface area contributed by atoms with Crippen molar-refractivity contribution in [2.24, 2.45) is 0 Å². The molecule has 0 aliphatic carbocycles. The zero-order chi connectivity index (χ0) is 7.28. The summed E-state index contributed by atoms with van der Waals surface area (Å²) in [6.07, 6.45) is 3.30. The average molecular weight is 127 g/mol. The number of carbonyl (C=O) groups excluding carboxylic acids is 1. The Bertz CT molecular complexity index is 118. The molecule has 0 radical (unpaired) electrons. The minimum absolute atomic E-state index is 0.0694. The molecule has 0 saturated carbocycles. The standard InChI is InChI=1S/C7H13NO/c1-4-6-7(9)8(3)5-2/h4,6H,5H2,1-3H3. The molecule has 0 aliphatic rings. The molecule has 0 aromatic rings. The van der Waals surface area contributed by atoms with E-state index >= 15 is 0 Å². The number of hydrogen-bond donors (Lipinski definition) is 0. The summed E-state index contributed by atoms with van der Waals surface area (Å²) >= 11 is 0. The van der Waals surface area contributed by atoms with Crippen LogP contribution in [0.3, 0.4) is 0 Å². The molecule has 0 aliphatic heterocycles. The van der Waals surface area contributed by atoms with Crippen LogP contribution in [0.4, 0.5) is 0 Å². The van der Waals surface area contributed by atoms with Crippen LogP contribution in [0.25, 0.3) is 0 Å².